The zero-order valence-electron chi connectivity index (χ0n) is 14.4. The molecule has 0 N–H and O–H groups in total. The van der Waals surface area contributed by atoms with E-state index < -0.39 is 0 Å². The predicted octanol–water partition coefficient (Wildman–Crippen LogP) is 3.80. The van der Waals surface area contributed by atoms with Crippen molar-refractivity contribution in [2.75, 3.05) is 14.2 Å². The Morgan fingerprint density at radius 1 is 1.12 bits per heavy atom. The fourth-order valence-electron chi connectivity index (χ4n) is 3.19. The first-order valence-electron chi connectivity index (χ1n) is 7.73. The maximum atomic E-state index is 6.33. The minimum Gasteiger partial charge on any atom is -0.491 e. The summed E-state index contributed by atoms with van der Waals surface area (Å²) >= 11 is 6.33. The third-order valence-electron chi connectivity index (χ3n) is 4.46. The third-order valence-corrected chi connectivity index (χ3v) is 4.79. The average molecular weight is 357 g/mol. The van der Waals surface area contributed by atoms with Crippen LogP contribution in [0.15, 0.2) is 30.6 Å². The highest BCUT2D eigenvalue weighted by atomic mass is 35.5. The molecule has 0 aliphatic carbocycles. The quantitative estimate of drug-likeness (QED) is 0.560. The summed E-state index contributed by atoms with van der Waals surface area (Å²) in [6, 6.07) is 5.76. The molecule has 0 amide bonds. The van der Waals surface area contributed by atoms with E-state index in [-0.39, 0.29) is 0 Å². The van der Waals surface area contributed by atoms with Crippen LogP contribution in [0.5, 0.6) is 11.6 Å². The molecule has 0 bridgehead atoms. The summed E-state index contributed by atoms with van der Waals surface area (Å²) in [7, 11) is 7.14. The number of fused-ring (bicyclic) bond motifs is 2. The lowest BCUT2D eigenvalue weighted by Gasteiger charge is -2.07. The van der Waals surface area contributed by atoms with Gasteiger partial charge in [-0.05, 0) is 12.1 Å². The second-order valence-corrected chi connectivity index (χ2v) is 6.25. The molecule has 0 atom stereocenters. The molecule has 25 heavy (non-hydrogen) atoms. The molecule has 0 saturated carbocycles. The van der Waals surface area contributed by atoms with E-state index in [0.717, 1.165) is 33.3 Å². The van der Waals surface area contributed by atoms with Gasteiger partial charge in [-0.15, -0.1) is 0 Å². The Balaban J connectivity index is 2.05. The molecule has 4 rings (SSSR count). The Kier molecular flexibility index (Phi) is 3.58. The number of aryl methyl sites for hydroxylation is 2. The Bertz CT molecular complexity index is 1110. The molecule has 0 fully saturated rings. The lowest BCUT2D eigenvalue weighted by molar-refractivity contribution is 0.344. The molecule has 0 saturated heterocycles. The van der Waals surface area contributed by atoms with Crippen LogP contribution in [0.1, 0.15) is 0 Å². The van der Waals surface area contributed by atoms with Gasteiger partial charge in [0.1, 0.15) is 11.2 Å². The number of halogens is 1. The highest BCUT2D eigenvalue weighted by molar-refractivity contribution is 6.35. The highest BCUT2D eigenvalue weighted by Gasteiger charge is 2.19. The van der Waals surface area contributed by atoms with E-state index in [9.17, 15) is 0 Å². The Labute approximate surface area is 149 Å². The van der Waals surface area contributed by atoms with Gasteiger partial charge >= 0.3 is 0 Å². The van der Waals surface area contributed by atoms with Crippen LogP contribution in [0.4, 0.5) is 0 Å². The summed E-state index contributed by atoms with van der Waals surface area (Å²) in [5, 5.41) is 1.60. The Hall–Kier alpha value is -2.73. The van der Waals surface area contributed by atoms with Crippen LogP contribution >= 0.6 is 11.6 Å². The second kappa shape index (κ2) is 5.67. The molecule has 6 nitrogen and oxygen atoms in total. The van der Waals surface area contributed by atoms with Crippen molar-refractivity contribution in [1.82, 2.24) is 19.1 Å². The molecular weight excluding hydrogens is 340 g/mol. The van der Waals surface area contributed by atoms with Gasteiger partial charge < -0.3 is 18.6 Å². The number of hydrogen-bond donors (Lipinski definition) is 0. The molecule has 0 aromatic carbocycles. The summed E-state index contributed by atoms with van der Waals surface area (Å²) < 4.78 is 14.8. The standard InChI is InChI=1S/C18H17ClN4O2/c1-22-9-11(16-14(22)8-15(24-3)18(21-16)25-4)13-7-10-12(19)5-6-20-17(10)23(13)2/h5-9H,1-4H3. The number of nitrogens with zero attached hydrogens (tertiary/aromatic N) is 4. The van der Waals surface area contributed by atoms with Gasteiger partial charge in [-0.3, -0.25) is 0 Å². The van der Waals surface area contributed by atoms with Gasteiger partial charge in [-0.25, -0.2) is 9.97 Å². The fraction of sp³-hybridized carbons (Fsp3) is 0.222. The van der Waals surface area contributed by atoms with Crippen LogP contribution in [0.3, 0.4) is 0 Å². The van der Waals surface area contributed by atoms with Crippen molar-refractivity contribution < 1.29 is 9.47 Å². The average Bonchev–Trinajstić information content (AvgIpc) is 3.12. The summed E-state index contributed by atoms with van der Waals surface area (Å²) in [5.41, 5.74) is 4.59. The SMILES string of the molecule is COc1cc2c(nc1OC)c(-c1cc3c(Cl)ccnc3n1C)cn2C. The van der Waals surface area contributed by atoms with Gasteiger partial charge in [0.15, 0.2) is 5.75 Å². The summed E-state index contributed by atoms with van der Waals surface area (Å²) in [6.07, 6.45) is 3.75. The van der Waals surface area contributed by atoms with Crippen molar-refractivity contribution in [1.29, 1.82) is 0 Å². The van der Waals surface area contributed by atoms with E-state index in [1.54, 1.807) is 26.5 Å². The normalized spacial score (nSPS) is 11.4. The predicted molar refractivity (Wildman–Crippen MR) is 98.5 cm³/mol. The number of hydrogen-bond acceptors (Lipinski definition) is 4. The summed E-state index contributed by atoms with van der Waals surface area (Å²) in [4.78, 5) is 9.10. The van der Waals surface area contributed by atoms with Crippen molar-refractivity contribution in [3.8, 4) is 22.9 Å². The van der Waals surface area contributed by atoms with E-state index in [0.29, 0.717) is 16.7 Å². The van der Waals surface area contributed by atoms with Crippen molar-refractivity contribution in [3.05, 3.63) is 35.6 Å². The topological polar surface area (TPSA) is 54.1 Å². The Morgan fingerprint density at radius 3 is 2.60 bits per heavy atom. The van der Waals surface area contributed by atoms with Crippen molar-refractivity contribution in [3.63, 3.8) is 0 Å². The van der Waals surface area contributed by atoms with E-state index in [1.807, 2.05) is 41.6 Å². The van der Waals surface area contributed by atoms with Gasteiger partial charge in [-0.1, -0.05) is 11.6 Å². The highest BCUT2D eigenvalue weighted by Crippen LogP contribution is 2.37. The summed E-state index contributed by atoms with van der Waals surface area (Å²) in [5.74, 6) is 1.06. The van der Waals surface area contributed by atoms with Gasteiger partial charge in [0.05, 0.1) is 30.5 Å². The van der Waals surface area contributed by atoms with Crippen LogP contribution in [0, 0.1) is 0 Å². The molecule has 0 unspecified atom stereocenters. The van der Waals surface area contributed by atoms with E-state index in [4.69, 9.17) is 21.1 Å². The minimum atomic E-state index is 0.456. The monoisotopic (exact) mass is 356 g/mol. The first-order chi connectivity index (χ1) is 12.0. The van der Waals surface area contributed by atoms with Crippen LogP contribution in [-0.2, 0) is 14.1 Å². The number of rotatable bonds is 3. The molecule has 0 radical (unpaired) electrons. The number of methoxy groups -OCH3 is 2. The lowest BCUT2D eigenvalue weighted by atomic mass is 10.2. The van der Waals surface area contributed by atoms with Crippen LogP contribution in [-0.4, -0.2) is 33.3 Å². The van der Waals surface area contributed by atoms with Crippen LogP contribution in [0.25, 0.3) is 33.3 Å². The molecule has 4 heterocycles. The minimum absolute atomic E-state index is 0.456. The van der Waals surface area contributed by atoms with Gasteiger partial charge in [0, 0.05) is 43.5 Å². The van der Waals surface area contributed by atoms with Crippen LogP contribution < -0.4 is 9.47 Å². The molecule has 0 aliphatic heterocycles. The molecule has 4 aromatic heterocycles. The van der Waals surface area contributed by atoms with E-state index >= 15 is 0 Å². The Morgan fingerprint density at radius 2 is 1.92 bits per heavy atom. The maximum absolute atomic E-state index is 6.33. The third kappa shape index (κ3) is 2.25. The van der Waals surface area contributed by atoms with Gasteiger partial charge in [0.25, 0.3) is 5.88 Å². The van der Waals surface area contributed by atoms with Gasteiger partial charge in [-0.2, -0.15) is 0 Å². The number of ether oxygens (including phenoxy) is 2. The zero-order chi connectivity index (χ0) is 17.7. The fourth-order valence-corrected chi connectivity index (χ4v) is 3.38. The lowest BCUT2D eigenvalue weighted by Crippen LogP contribution is -1.96. The molecule has 4 aromatic rings. The number of pyridine rings is 2. The first kappa shape index (κ1) is 15.8. The molecule has 7 heteroatoms. The van der Waals surface area contributed by atoms with E-state index in [2.05, 4.69) is 9.97 Å². The molecule has 0 aliphatic rings. The van der Waals surface area contributed by atoms with Crippen molar-refractivity contribution in [2.45, 2.75) is 0 Å². The molecule has 128 valence electrons. The van der Waals surface area contributed by atoms with Crippen molar-refractivity contribution in [2.24, 2.45) is 14.1 Å². The van der Waals surface area contributed by atoms with Gasteiger partial charge in [0.2, 0.25) is 0 Å². The zero-order valence-corrected chi connectivity index (χ0v) is 15.1. The maximum Gasteiger partial charge on any atom is 0.257 e. The largest absolute Gasteiger partial charge is 0.491 e. The summed E-state index contributed by atoms with van der Waals surface area (Å²) in [6.45, 7) is 0. The molecular formula is C18H17ClN4O2. The smallest absolute Gasteiger partial charge is 0.257 e. The van der Waals surface area contributed by atoms with Crippen molar-refractivity contribution >= 4 is 33.7 Å². The van der Waals surface area contributed by atoms with E-state index in [1.165, 1.54) is 0 Å². The molecule has 0 spiro atoms. The second-order valence-electron chi connectivity index (χ2n) is 5.84. The number of aromatic nitrogens is 4. The van der Waals surface area contributed by atoms with Crippen LogP contribution in [0.2, 0.25) is 5.02 Å². The first-order valence-corrected chi connectivity index (χ1v) is 8.11.